The van der Waals surface area contributed by atoms with Gasteiger partial charge in [0.25, 0.3) is 0 Å². The van der Waals surface area contributed by atoms with Crippen LogP contribution in [0, 0.1) is 6.92 Å². The van der Waals surface area contributed by atoms with Crippen LogP contribution >= 0.6 is 12.3 Å². The summed E-state index contributed by atoms with van der Waals surface area (Å²) in [6.07, 6.45) is 1.66. The van der Waals surface area contributed by atoms with Crippen molar-refractivity contribution in [2.45, 2.75) is 6.92 Å². The van der Waals surface area contributed by atoms with Crippen LogP contribution in [-0.4, -0.2) is 28.3 Å². The summed E-state index contributed by atoms with van der Waals surface area (Å²) in [5, 5.41) is 4.96. The normalized spacial score (nSPS) is 10.9. The second kappa shape index (κ2) is 3.69. The van der Waals surface area contributed by atoms with Crippen molar-refractivity contribution in [1.82, 2.24) is 14.2 Å². The molecule has 2 aromatic heterocycles. The number of anilines is 1. The Morgan fingerprint density at radius 1 is 1.47 bits per heavy atom. The lowest BCUT2D eigenvalue weighted by atomic mass is 10.2. The van der Waals surface area contributed by atoms with Gasteiger partial charge in [-0.2, -0.15) is 9.19 Å². The van der Waals surface area contributed by atoms with Gasteiger partial charge >= 0.3 is 0 Å². The summed E-state index contributed by atoms with van der Waals surface area (Å²) < 4.78 is 13.8. The molecule has 2 heterocycles. The summed E-state index contributed by atoms with van der Waals surface area (Å²) in [5.41, 5.74) is 2.34. The number of aromatic nitrogens is 3. The quantitative estimate of drug-likeness (QED) is 0.786. The summed E-state index contributed by atoms with van der Waals surface area (Å²) in [6.45, 7) is 1.85. The molecule has 0 amide bonds. The molecule has 0 aliphatic carbocycles. The molecule has 0 aliphatic heterocycles. The molecule has 0 saturated heterocycles. The summed E-state index contributed by atoms with van der Waals surface area (Å²) >= 11 is 0.0641. The van der Waals surface area contributed by atoms with Gasteiger partial charge in [-0.05, 0) is 13.0 Å². The molecule has 2 aromatic rings. The molecule has 0 N–H and O–H groups in total. The van der Waals surface area contributed by atoms with Crippen LogP contribution in [0.1, 0.15) is 5.69 Å². The van der Waals surface area contributed by atoms with E-state index < -0.39 is 0 Å². The Kier molecular flexibility index (Phi) is 2.52. The predicted molar refractivity (Wildman–Crippen MR) is 60.7 cm³/mol. The maximum Gasteiger partial charge on any atom is 0.189 e. The molecule has 0 radical (unpaired) electrons. The third-order valence-corrected chi connectivity index (χ3v) is 2.63. The van der Waals surface area contributed by atoms with Crippen LogP contribution < -0.4 is 4.90 Å². The Morgan fingerprint density at radius 2 is 2.20 bits per heavy atom. The van der Waals surface area contributed by atoms with Crippen LogP contribution in [0.5, 0.6) is 0 Å². The van der Waals surface area contributed by atoms with Gasteiger partial charge in [-0.3, -0.25) is 0 Å². The molecule has 0 bridgehead atoms. The number of rotatable bonds is 2. The van der Waals surface area contributed by atoms with Gasteiger partial charge in [0.1, 0.15) is 0 Å². The number of aryl methyl sites for hydroxylation is 1. The molecule has 4 nitrogen and oxygen atoms in total. The van der Waals surface area contributed by atoms with Gasteiger partial charge in [0, 0.05) is 20.3 Å². The van der Waals surface area contributed by atoms with Crippen LogP contribution in [0.2, 0.25) is 0 Å². The highest BCUT2D eigenvalue weighted by Gasteiger charge is 2.13. The van der Waals surface area contributed by atoms with Crippen molar-refractivity contribution in [3.05, 3.63) is 18.0 Å². The third-order valence-electron chi connectivity index (χ3n) is 2.24. The smallest absolute Gasteiger partial charge is 0.189 e. The molecule has 6 heteroatoms. The number of pyridine rings is 1. The van der Waals surface area contributed by atoms with Crippen LogP contribution in [0.15, 0.2) is 12.3 Å². The van der Waals surface area contributed by atoms with Crippen molar-refractivity contribution in [1.29, 1.82) is 0 Å². The molecular weight excluding hydrogens is 215 g/mol. The van der Waals surface area contributed by atoms with E-state index in [1.54, 1.807) is 6.20 Å². The van der Waals surface area contributed by atoms with Gasteiger partial charge in [-0.25, -0.2) is 4.98 Å². The largest absolute Gasteiger partial charge is 0.377 e. The second-order valence-corrected chi connectivity index (χ2v) is 3.93. The molecule has 0 fully saturated rings. The van der Waals surface area contributed by atoms with E-state index in [0.717, 1.165) is 16.8 Å². The molecule has 2 rings (SSSR count). The van der Waals surface area contributed by atoms with Crippen molar-refractivity contribution in [3.8, 4) is 0 Å². The zero-order valence-electron chi connectivity index (χ0n) is 8.73. The number of hydrogen-bond acceptors (Lipinski definition) is 4. The van der Waals surface area contributed by atoms with Crippen molar-refractivity contribution in [2.24, 2.45) is 0 Å². The van der Waals surface area contributed by atoms with E-state index >= 15 is 0 Å². The van der Waals surface area contributed by atoms with Gasteiger partial charge in [0.2, 0.25) is 0 Å². The molecule has 80 valence electrons. The highest BCUT2D eigenvalue weighted by Crippen LogP contribution is 2.28. The van der Waals surface area contributed by atoms with Crippen molar-refractivity contribution in [2.75, 3.05) is 19.0 Å². The van der Waals surface area contributed by atoms with E-state index in [4.69, 9.17) is 0 Å². The zero-order chi connectivity index (χ0) is 11.0. The number of halogens is 1. The Labute approximate surface area is 91.5 Å². The van der Waals surface area contributed by atoms with Gasteiger partial charge in [0.05, 0.1) is 16.8 Å². The lowest BCUT2D eigenvalue weighted by molar-refractivity contribution is 0.877. The monoisotopic (exact) mass is 226 g/mol. The lowest BCUT2D eigenvalue weighted by Gasteiger charge is -2.13. The summed E-state index contributed by atoms with van der Waals surface area (Å²) in [7, 11) is 3.88. The predicted octanol–water partition coefficient (Wildman–Crippen LogP) is 2.19. The van der Waals surface area contributed by atoms with Gasteiger partial charge < -0.3 is 4.90 Å². The molecule has 0 atom stereocenters. The molecule has 0 saturated carbocycles. The first-order valence-corrected chi connectivity index (χ1v) is 5.13. The van der Waals surface area contributed by atoms with Crippen molar-refractivity contribution >= 4 is 29.1 Å². The highest BCUT2D eigenvalue weighted by molar-refractivity contribution is 7.92. The third kappa shape index (κ3) is 1.54. The van der Waals surface area contributed by atoms with Crippen LogP contribution in [0.4, 0.5) is 9.57 Å². The Hall–Kier alpha value is -1.30. The van der Waals surface area contributed by atoms with E-state index in [2.05, 4.69) is 10.1 Å². The van der Waals surface area contributed by atoms with E-state index in [0.29, 0.717) is 5.65 Å². The van der Waals surface area contributed by atoms with Gasteiger partial charge in [0.15, 0.2) is 18.0 Å². The maximum atomic E-state index is 12.6. The fourth-order valence-corrected chi connectivity index (χ4v) is 1.94. The summed E-state index contributed by atoms with van der Waals surface area (Å²) in [4.78, 5) is 6.09. The topological polar surface area (TPSA) is 34.0 Å². The summed E-state index contributed by atoms with van der Waals surface area (Å²) in [6, 6.07) is 1.89. The zero-order valence-corrected chi connectivity index (χ0v) is 9.55. The second-order valence-electron chi connectivity index (χ2n) is 3.45. The summed E-state index contributed by atoms with van der Waals surface area (Å²) in [5.74, 6) is 0. The standard InChI is InChI=1S/C9H11FN4S/c1-6-8-7(13(2)3)4-5-11-9(8)14(12-6)15-10/h4-5H,1-3H3. The molecule has 15 heavy (non-hydrogen) atoms. The minimum atomic E-state index is 0.0641. The van der Waals surface area contributed by atoms with Gasteiger partial charge in [-0.1, -0.05) is 0 Å². The first-order valence-electron chi connectivity index (χ1n) is 4.46. The average Bonchev–Trinajstić information content (AvgIpc) is 2.55. The molecule has 0 aromatic carbocycles. The Balaban J connectivity index is 2.80. The van der Waals surface area contributed by atoms with Crippen LogP contribution in [0.3, 0.4) is 0 Å². The molecular formula is C9H11FN4S. The number of fused-ring (bicyclic) bond motifs is 1. The Morgan fingerprint density at radius 3 is 2.80 bits per heavy atom. The number of hydrogen-bond donors (Lipinski definition) is 0. The molecule has 0 unspecified atom stereocenters. The Bertz CT molecular complexity index is 494. The maximum absolute atomic E-state index is 12.6. The van der Waals surface area contributed by atoms with E-state index in [-0.39, 0.29) is 12.3 Å². The highest BCUT2D eigenvalue weighted by atomic mass is 32.2. The average molecular weight is 226 g/mol. The van der Waals surface area contributed by atoms with Crippen LogP contribution in [0.25, 0.3) is 11.0 Å². The number of nitrogens with zero attached hydrogens (tertiary/aromatic N) is 4. The van der Waals surface area contributed by atoms with E-state index in [1.165, 1.54) is 4.09 Å². The molecule has 0 spiro atoms. The SMILES string of the molecule is Cc1nn(SF)c2nccc(N(C)C)c12. The first kappa shape index (κ1) is 10.2. The lowest BCUT2D eigenvalue weighted by Crippen LogP contribution is -2.09. The van der Waals surface area contributed by atoms with E-state index in [1.807, 2.05) is 32.0 Å². The molecule has 0 aliphatic rings. The van der Waals surface area contributed by atoms with Crippen molar-refractivity contribution in [3.63, 3.8) is 0 Å². The van der Waals surface area contributed by atoms with Gasteiger partial charge in [-0.15, -0.1) is 3.89 Å². The van der Waals surface area contributed by atoms with E-state index in [9.17, 15) is 3.89 Å². The first-order chi connectivity index (χ1) is 7.15. The minimum Gasteiger partial charge on any atom is -0.377 e. The van der Waals surface area contributed by atoms with Crippen LogP contribution in [-0.2, 0) is 0 Å². The minimum absolute atomic E-state index is 0.0641. The fourth-order valence-electron chi connectivity index (χ4n) is 1.59. The fraction of sp³-hybridized carbons (Fsp3) is 0.333. The van der Waals surface area contributed by atoms with Crippen molar-refractivity contribution < 1.29 is 3.89 Å².